The van der Waals surface area contributed by atoms with Crippen LogP contribution < -0.4 is 19.9 Å². The number of nitrogens with one attached hydrogen (secondary N) is 1. The van der Waals surface area contributed by atoms with Gasteiger partial charge >= 0.3 is 5.97 Å². The van der Waals surface area contributed by atoms with Crippen LogP contribution in [0, 0.1) is 17.0 Å². The minimum absolute atomic E-state index is 0.0244. The predicted molar refractivity (Wildman–Crippen MR) is 158 cm³/mol. The third kappa shape index (κ3) is 6.54. The molecule has 14 heteroatoms. The van der Waals surface area contributed by atoms with E-state index in [0.29, 0.717) is 17.9 Å². The molecular weight excluding hydrogens is 592 g/mol. The van der Waals surface area contributed by atoms with E-state index in [-0.39, 0.29) is 35.1 Å². The Kier molecular flexibility index (Phi) is 8.65. The first-order valence-electron chi connectivity index (χ1n) is 13.5. The van der Waals surface area contributed by atoms with Gasteiger partial charge in [0.1, 0.15) is 17.4 Å². The highest BCUT2D eigenvalue weighted by molar-refractivity contribution is 6.00. The standard InChI is InChI=1S/C31H27F2N5O7/c1-3-42-31(41)18-8-10-22(21(40)14-18)44-26-24(32)29(43-19-6-4-5-17(13-19)28-36-11-12-38(28)2)37-30(25(26)33)45-23-15-16(27(34)35)7-9-20(23)39/h4-10,13-15,39-40H,3,11-12H2,1-2H3,(H3,34,35). The summed E-state index contributed by atoms with van der Waals surface area (Å²) < 4.78 is 53.3. The van der Waals surface area contributed by atoms with Crippen LogP contribution in [0.3, 0.4) is 0 Å². The van der Waals surface area contributed by atoms with Crippen LogP contribution in [0.15, 0.2) is 65.7 Å². The van der Waals surface area contributed by atoms with Crippen LogP contribution >= 0.6 is 0 Å². The molecule has 0 fully saturated rings. The van der Waals surface area contributed by atoms with Crippen LogP contribution in [-0.2, 0) is 4.74 Å². The number of halogens is 2. The molecule has 0 bridgehead atoms. The van der Waals surface area contributed by atoms with E-state index in [1.165, 1.54) is 24.3 Å². The van der Waals surface area contributed by atoms with Crippen molar-refractivity contribution in [2.75, 3.05) is 26.7 Å². The van der Waals surface area contributed by atoms with E-state index in [2.05, 4.69) is 9.98 Å². The molecule has 12 nitrogen and oxygen atoms in total. The molecule has 1 aliphatic heterocycles. The lowest BCUT2D eigenvalue weighted by atomic mass is 10.2. The van der Waals surface area contributed by atoms with Gasteiger partial charge in [0.2, 0.25) is 17.4 Å². The van der Waals surface area contributed by atoms with Gasteiger partial charge in [-0.1, -0.05) is 12.1 Å². The van der Waals surface area contributed by atoms with Crippen LogP contribution in [0.2, 0.25) is 0 Å². The van der Waals surface area contributed by atoms with Crippen molar-refractivity contribution in [2.24, 2.45) is 10.7 Å². The molecule has 5 N–H and O–H groups in total. The number of hydrogen-bond acceptors (Lipinski definition) is 11. The molecule has 232 valence electrons. The van der Waals surface area contributed by atoms with Gasteiger partial charge in [0.25, 0.3) is 11.8 Å². The van der Waals surface area contributed by atoms with Gasteiger partial charge in [-0.05, 0) is 55.5 Å². The lowest BCUT2D eigenvalue weighted by Crippen LogP contribution is -2.23. The Labute approximate surface area is 255 Å². The summed E-state index contributed by atoms with van der Waals surface area (Å²) in [6.07, 6.45) is 0. The summed E-state index contributed by atoms with van der Waals surface area (Å²) in [5.74, 6) is -7.72. The molecule has 4 aromatic rings. The zero-order valence-corrected chi connectivity index (χ0v) is 24.0. The molecule has 0 spiro atoms. The van der Waals surface area contributed by atoms with Crippen molar-refractivity contribution in [1.82, 2.24) is 9.88 Å². The van der Waals surface area contributed by atoms with Gasteiger partial charge in [-0.15, -0.1) is 0 Å². The lowest BCUT2D eigenvalue weighted by Gasteiger charge is -2.17. The van der Waals surface area contributed by atoms with Crippen LogP contribution in [0.25, 0.3) is 0 Å². The van der Waals surface area contributed by atoms with Crippen molar-refractivity contribution in [2.45, 2.75) is 6.92 Å². The Morgan fingerprint density at radius 2 is 1.69 bits per heavy atom. The van der Waals surface area contributed by atoms with Crippen LogP contribution in [0.1, 0.15) is 28.4 Å². The molecule has 0 saturated heterocycles. The van der Waals surface area contributed by atoms with Crippen LogP contribution in [0.4, 0.5) is 8.78 Å². The molecule has 0 amide bonds. The fourth-order valence-corrected chi connectivity index (χ4v) is 4.28. The number of carbonyl (C=O) groups is 1. The highest BCUT2D eigenvalue weighted by Crippen LogP contribution is 2.42. The number of likely N-dealkylation sites (N-methyl/N-ethyl adjacent to an activating group) is 1. The number of rotatable bonds is 10. The minimum Gasteiger partial charge on any atom is -0.504 e. The van der Waals surface area contributed by atoms with Crippen molar-refractivity contribution < 1.29 is 42.7 Å². The summed E-state index contributed by atoms with van der Waals surface area (Å²) >= 11 is 0. The van der Waals surface area contributed by atoms with E-state index >= 15 is 8.78 Å². The number of phenols is 2. The first-order valence-corrected chi connectivity index (χ1v) is 13.5. The van der Waals surface area contributed by atoms with E-state index in [9.17, 15) is 15.0 Å². The third-order valence-electron chi connectivity index (χ3n) is 6.50. The molecular formula is C31H27F2N5O7. The van der Waals surface area contributed by atoms with Crippen molar-refractivity contribution in [1.29, 1.82) is 5.41 Å². The number of nitrogens with two attached hydrogens (primary N) is 1. The minimum atomic E-state index is -1.46. The first-order chi connectivity index (χ1) is 21.5. The molecule has 3 aromatic carbocycles. The monoisotopic (exact) mass is 619 g/mol. The quantitative estimate of drug-likeness (QED) is 0.104. The Hall–Kier alpha value is -5.92. The SMILES string of the molecule is CCOC(=O)c1ccc(Oc2c(F)c(Oc3cccc(C4=NCCN4C)c3)nc(Oc3cc(C(=N)N)ccc3O)c2F)c(O)c1. The Bertz CT molecular complexity index is 1830. The summed E-state index contributed by atoms with van der Waals surface area (Å²) in [7, 11) is 1.87. The molecule has 0 atom stereocenters. The number of carbonyl (C=O) groups excluding carboxylic acids is 1. The van der Waals surface area contributed by atoms with Gasteiger partial charge in [0.15, 0.2) is 23.0 Å². The molecule has 0 radical (unpaired) electrons. The number of pyridine rings is 1. The topological polar surface area (TPSA) is 173 Å². The second kappa shape index (κ2) is 12.8. The van der Waals surface area contributed by atoms with Gasteiger partial charge in [-0.2, -0.15) is 13.8 Å². The lowest BCUT2D eigenvalue weighted by molar-refractivity contribution is 0.0526. The highest BCUT2D eigenvalue weighted by Gasteiger charge is 2.28. The maximum atomic E-state index is 15.9. The summed E-state index contributed by atoms with van der Waals surface area (Å²) in [6, 6.07) is 13.6. The third-order valence-corrected chi connectivity index (χ3v) is 6.50. The smallest absolute Gasteiger partial charge is 0.338 e. The largest absolute Gasteiger partial charge is 0.504 e. The number of aliphatic imine (C=N–C) groups is 1. The Morgan fingerprint density at radius 1 is 0.956 bits per heavy atom. The molecule has 45 heavy (non-hydrogen) atoms. The fraction of sp³-hybridized carbons (Fsp3) is 0.161. The molecule has 0 unspecified atom stereocenters. The van der Waals surface area contributed by atoms with Crippen molar-refractivity contribution >= 4 is 17.6 Å². The maximum absolute atomic E-state index is 15.9. The molecule has 1 aliphatic rings. The predicted octanol–water partition coefficient (Wildman–Crippen LogP) is 5.30. The number of hydrogen-bond donors (Lipinski definition) is 4. The van der Waals surface area contributed by atoms with E-state index in [1.807, 2.05) is 11.9 Å². The van der Waals surface area contributed by atoms with Crippen molar-refractivity contribution in [3.05, 3.63) is 89.0 Å². The number of amidine groups is 2. The Balaban J connectivity index is 1.57. The van der Waals surface area contributed by atoms with Gasteiger partial charge in [-0.25, -0.2) is 4.79 Å². The Morgan fingerprint density at radius 3 is 2.36 bits per heavy atom. The number of aromatic hydroxyl groups is 2. The zero-order chi connectivity index (χ0) is 32.2. The summed E-state index contributed by atoms with van der Waals surface area (Å²) in [4.78, 5) is 22.3. The first kappa shape index (κ1) is 30.5. The van der Waals surface area contributed by atoms with E-state index in [1.54, 1.807) is 25.1 Å². The van der Waals surface area contributed by atoms with E-state index in [4.69, 9.17) is 30.1 Å². The maximum Gasteiger partial charge on any atom is 0.338 e. The van der Waals surface area contributed by atoms with Gasteiger partial charge in [0.05, 0.1) is 18.7 Å². The molecule has 0 aliphatic carbocycles. The molecule has 1 aromatic heterocycles. The number of benzene rings is 3. The molecule has 2 heterocycles. The van der Waals surface area contributed by atoms with Gasteiger partial charge < -0.3 is 39.8 Å². The summed E-state index contributed by atoms with van der Waals surface area (Å²) in [5, 5.41) is 28.5. The van der Waals surface area contributed by atoms with Crippen LogP contribution in [0.5, 0.6) is 46.3 Å². The summed E-state index contributed by atoms with van der Waals surface area (Å²) in [5.41, 5.74) is 6.32. The highest BCUT2D eigenvalue weighted by atomic mass is 19.1. The van der Waals surface area contributed by atoms with E-state index < -0.39 is 52.4 Å². The fourth-order valence-electron chi connectivity index (χ4n) is 4.28. The van der Waals surface area contributed by atoms with Gasteiger partial charge in [0, 0.05) is 24.7 Å². The number of esters is 1. The average Bonchev–Trinajstić information content (AvgIpc) is 3.45. The number of nitrogen functional groups attached to an aromatic ring is 1. The molecule has 5 rings (SSSR count). The second-order valence-electron chi connectivity index (χ2n) is 9.64. The van der Waals surface area contributed by atoms with Crippen LogP contribution in [-0.4, -0.2) is 64.5 Å². The summed E-state index contributed by atoms with van der Waals surface area (Å²) in [6.45, 7) is 3.03. The normalized spacial score (nSPS) is 12.4. The van der Waals surface area contributed by atoms with Crippen molar-refractivity contribution in [3.63, 3.8) is 0 Å². The van der Waals surface area contributed by atoms with Gasteiger partial charge in [-0.3, -0.25) is 10.4 Å². The van der Waals surface area contributed by atoms with Crippen molar-refractivity contribution in [3.8, 4) is 46.3 Å². The number of phenolic OH excluding ortho intramolecular Hbond substituents is 2. The zero-order valence-electron chi connectivity index (χ0n) is 24.0. The number of aromatic nitrogens is 1. The van der Waals surface area contributed by atoms with E-state index in [0.717, 1.165) is 24.7 Å². The second-order valence-corrected chi connectivity index (χ2v) is 9.64. The average molecular weight is 620 g/mol. The number of nitrogens with zero attached hydrogens (tertiary/aromatic N) is 3. The molecule has 0 saturated carbocycles. The number of ether oxygens (including phenoxy) is 4.